The van der Waals surface area contributed by atoms with Crippen LogP contribution in [0, 0.1) is 5.92 Å². The van der Waals surface area contributed by atoms with Crippen molar-refractivity contribution in [1.29, 1.82) is 0 Å². The van der Waals surface area contributed by atoms with Gasteiger partial charge in [0, 0.05) is 37.4 Å². The van der Waals surface area contributed by atoms with Crippen LogP contribution in [-0.4, -0.2) is 30.0 Å². The van der Waals surface area contributed by atoms with Gasteiger partial charge in [0.25, 0.3) is 5.91 Å². The predicted molar refractivity (Wildman–Crippen MR) is 97.0 cm³/mol. The minimum absolute atomic E-state index is 0.0679. The Morgan fingerprint density at radius 3 is 2.50 bits per heavy atom. The van der Waals surface area contributed by atoms with Gasteiger partial charge in [-0.25, -0.2) is 0 Å². The third-order valence-corrected chi connectivity index (χ3v) is 4.62. The summed E-state index contributed by atoms with van der Waals surface area (Å²) in [5.41, 5.74) is 0.465. The lowest BCUT2D eigenvalue weighted by Gasteiger charge is -2.07. The molecular formula is C20H24N2O4. The molecule has 3 rings (SSSR count). The molecule has 3 N–H and O–H groups in total. The van der Waals surface area contributed by atoms with Gasteiger partial charge in [0.15, 0.2) is 0 Å². The Bertz CT molecular complexity index is 766. The number of furan rings is 1. The van der Waals surface area contributed by atoms with Crippen molar-refractivity contribution in [2.45, 2.75) is 32.1 Å². The normalized spacial score (nSPS) is 18.3. The molecule has 1 aliphatic carbocycles. The van der Waals surface area contributed by atoms with Crippen molar-refractivity contribution in [2.24, 2.45) is 5.92 Å². The molecule has 138 valence electrons. The summed E-state index contributed by atoms with van der Waals surface area (Å²) >= 11 is 0. The first-order chi connectivity index (χ1) is 12.5. The van der Waals surface area contributed by atoms with E-state index in [1.165, 1.54) is 18.6 Å². The summed E-state index contributed by atoms with van der Waals surface area (Å²) in [5, 5.41) is 14.7. The monoisotopic (exact) mass is 356 g/mol. The Balaban J connectivity index is 1.31. The van der Waals surface area contributed by atoms with Gasteiger partial charge in [0.05, 0.1) is 0 Å². The van der Waals surface area contributed by atoms with E-state index < -0.39 is 0 Å². The van der Waals surface area contributed by atoms with E-state index in [1.807, 2.05) is 12.1 Å². The van der Waals surface area contributed by atoms with E-state index in [-0.39, 0.29) is 17.6 Å². The number of phenols is 1. The Hall–Kier alpha value is -2.76. The second kappa shape index (κ2) is 8.08. The average molecular weight is 356 g/mol. The van der Waals surface area contributed by atoms with Crippen molar-refractivity contribution in [2.75, 3.05) is 13.1 Å². The van der Waals surface area contributed by atoms with Gasteiger partial charge in [-0.2, -0.15) is 0 Å². The summed E-state index contributed by atoms with van der Waals surface area (Å²) in [7, 11) is 0. The number of phenolic OH excluding ortho intramolecular Hbond substituents is 1. The van der Waals surface area contributed by atoms with E-state index in [0.29, 0.717) is 43.3 Å². The molecule has 1 heterocycles. The van der Waals surface area contributed by atoms with Crippen molar-refractivity contribution >= 4 is 11.8 Å². The highest BCUT2D eigenvalue weighted by molar-refractivity contribution is 5.94. The number of amides is 2. The van der Waals surface area contributed by atoms with E-state index >= 15 is 0 Å². The highest BCUT2D eigenvalue weighted by Crippen LogP contribution is 2.47. The molecule has 0 spiro atoms. The summed E-state index contributed by atoms with van der Waals surface area (Å²) in [4.78, 5) is 23.8. The lowest BCUT2D eigenvalue weighted by Crippen LogP contribution is -2.34. The van der Waals surface area contributed by atoms with Crippen LogP contribution in [-0.2, 0) is 11.2 Å². The van der Waals surface area contributed by atoms with Gasteiger partial charge in [0.1, 0.15) is 17.3 Å². The zero-order valence-corrected chi connectivity index (χ0v) is 14.8. The number of benzene rings is 1. The molecule has 6 heteroatoms. The molecule has 6 nitrogen and oxygen atoms in total. The molecule has 26 heavy (non-hydrogen) atoms. The molecule has 1 aromatic heterocycles. The number of hydrogen-bond donors (Lipinski definition) is 3. The number of aromatic hydroxyl groups is 1. The summed E-state index contributed by atoms with van der Waals surface area (Å²) in [6.45, 7) is 2.92. The Morgan fingerprint density at radius 1 is 1.12 bits per heavy atom. The summed E-state index contributed by atoms with van der Waals surface area (Å²) in [6, 6.07) is 9.97. The second-order valence-corrected chi connectivity index (χ2v) is 6.78. The molecule has 1 aromatic carbocycles. The molecule has 2 amide bonds. The van der Waals surface area contributed by atoms with Gasteiger partial charge in [-0.05, 0) is 48.7 Å². The lowest BCUT2D eigenvalue weighted by molar-refractivity contribution is -0.121. The quantitative estimate of drug-likeness (QED) is 0.634. The molecule has 2 aromatic rings. The maximum atomic E-state index is 11.9. The van der Waals surface area contributed by atoms with E-state index in [0.717, 1.165) is 11.5 Å². The second-order valence-electron chi connectivity index (χ2n) is 6.78. The van der Waals surface area contributed by atoms with Crippen LogP contribution >= 0.6 is 0 Å². The number of rotatable bonds is 8. The minimum atomic E-state index is -0.239. The fourth-order valence-electron chi connectivity index (χ4n) is 2.86. The summed E-state index contributed by atoms with van der Waals surface area (Å²) < 4.78 is 5.79. The minimum Gasteiger partial charge on any atom is -0.508 e. The fraction of sp³-hybridized carbons (Fsp3) is 0.400. The number of carbonyl (C=O) groups excluding carboxylic acids is 2. The van der Waals surface area contributed by atoms with Crippen molar-refractivity contribution < 1.29 is 19.1 Å². The van der Waals surface area contributed by atoms with Gasteiger partial charge < -0.3 is 20.2 Å². The predicted octanol–water partition coefficient (Wildman–Crippen LogP) is 2.59. The SMILES string of the molecule is CC1CC1c1ccc(CCC(=O)NCCNC(=O)c2ccc(O)cc2)o1. The molecule has 0 aliphatic heterocycles. The Morgan fingerprint density at radius 2 is 1.81 bits per heavy atom. The van der Waals surface area contributed by atoms with Crippen molar-refractivity contribution in [3.63, 3.8) is 0 Å². The van der Waals surface area contributed by atoms with Crippen LogP contribution in [0.4, 0.5) is 0 Å². The van der Waals surface area contributed by atoms with Crippen LogP contribution in [0.25, 0.3) is 0 Å². The molecular weight excluding hydrogens is 332 g/mol. The molecule has 1 aliphatic rings. The van der Waals surface area contributed by atoms with E-state index in [1.54, 1.807) is 12.1 Å². The maximum Gasteiger partial charge on any atom is 0.251 e. The van der Waals surface area contributed by atoms with Gasteiger partial charge in [-0.1, -0.05) is 6.92 Å². The molecule has 0 saturated heterocycles. The number of hydrogen-bond acceptors (Lipinski definition) is 4. The van der Waals surface area contributed by atoms with E-state index in [9.17, 15) is 14.7 Å². The Kier molecular flexibility index (Phi) is 5.61. The van der Waals surface area contributed by atoms with Crippen molar-refractivity contribution in [3.8, 4) is 5.75 Å². The first kappa shape index (κ1) is 18.0. The first-order valence-electron chi connectivity index (χ1n) is 8.95. The maximum absolute atomic E-state index is 11.9. The lowest BCUT2D eigenvalue weighted by atomic mass is 10.2. The highest BCUT2D eigenvalue weighted by Gasteiger charge is 2.36. The fourth-order valence-corrected chi connectivity index (χ4v) is 2.86. The van der Waals surface area contributed by atoms with Gasteiger partial charge in [-0.15, -0.1) is 0 Å². The number of carbonyl (C=O) groups is 2. The van der Waals surface area contributed by atoms with Crippen molar-refractivity contribution in [3.05, 3.63) is 53.5 Å². The third-order valence-electron chi connectivity index (χ3n) is 4.62. The van der Waals surface area contributed by atoms with Crippen LogP contribution in [0.15, 0.2) is 40.8 Å². The Labute approximate surface area is 152 Å². The zero-order valence-electron chi connectivity index (χ0n) is 14.8. The van der Waals surface area contributed by atoms with Gasteiger partial charge in [0.2, 0.25) is 5.91 Å². The smallest absolute Gasteiger partial charge is 0.251 e. The zero-order chi connectivity index (χ0) is 18.5. The van der Waals surface area contributed by atoms with Crippen molar-refractivity contribution in [1.82, 2.24) is 10.6 Å². The van der Waals surface area contributed by atoms with Crippen LogP contribution < -0.4 is 10.6 Å². The third kappa shape index (κ3) is 4.88. The molecule has 2 atom stereocenters. The van der Waals surface area contributed by atoms with E-state index in [2.05, 4.69) is 17.6 Å². The molecule has 1 fully saturated rings. The molecule has 2 unspecified atom stereocenters. The summed E-state index contributed by atoms with van der Waals surface area (Å²) in [5.74, 6) is 2.94. The number of nitrogens with one attached hydrogen (secondary N) is 2. The van der Waals surface area contributed by atoms with Crippen LogP contribution in [0.1, 0.15) is 47.6 Å². The summed E-state index contributed by atoms with van der Waals surface area (Å²) in [6.07, 6.45) is 2.12. The van der Waals surface area contributed by atoms with E-state index in [4.69, 9.17) is 4.42 Å². The molecule has 0 bridgehead atoms. The molecule has 1 saturated carbocycles. The topological polar surface area (TPSA) is 91.6 Å². The van der Waals surface area contributed by atoms with Crippen LogP contribution in [0.5, 0.6) is 5.75 Å². The average Bonchev–Trinajstić information content (AvgIpc) is 3.17. The molecule has 0 radical (unpaired) electrons. The highest BCUT2D eigenvalue weighted by atomic mass is 16.3. The first-order valence-corrected chi connectivity index (χ1v) is 8.95. The van der Waals surface area contributed by atoms with Gasteiger partial charge in [-0.3, -0.25) is 9.59 Å². The standard InChI is InChI=1S/C20H24N2O4/c1-13-12-17(13)18-8-6-16(26-18)7-9-19(24)21-10-11-22-20(25)14-2-4-15(23)5-3-14/h2-6,8,13,17,23H,7,9-12H2,1H3,(H,21,24)(H,22,25). The largest absolute Gasteiger partial charge is 0.508 e. The van der Waals surface area contributed by atoms with Crippen LogP contribution in [0.3, 0.4) is 0 Å². The van der Waals surface area contributed by atoms with Crippen LogP contribution in [0.2, 0.25) is 0 Å². The number of aryl methyl sites for hydroxylation is 1. The van der Waals surface area contributed by atoms with Gasteiger partial charge >= 0.3 is 0 Å².